The minimum atomic E-state index is -4.51. The summed E-state index contributed by atoms with van der Waals surface area (Å²) in [5, 5.41) is 5.97. The Balaban J connectivity index is 1.89. The molecular formula is C25H25F4N3O2. The van der Waals surface area contributed by atoms with Gasteiger partial charge in [0.2, 0.25) is 5.91 Å². The van der Waals surface area contributed by atoms with Crippen molar-refractivity contribution < 1.29 is 27.1 Å². The van der Waals surface area contributed by atoms with Crippen LogP contribution >= 0.6 is 0 Å². The Labute approximate surface area is 195 Å². The lowest BCUT2D eigenvalue weighted by Crippen LogP contribution is -2.38. The third kappa shape index (κ3) is 6.32. The number of benzene rings is 2. The van der Waals surface area contributed by atoms with E-state index in [9.17, 15) is 22.4 Å². The molecule has 0 radical (unpaired) electrons. The van der Waals surface area contributed by atoms with Crippen molar-refractivity contribution in [2.24, 2.45) is 0 Å². The second-order valence-electron chi connectivity index (χ2n) is 7.66. The summed E-state index contributed by atoms with van der Waals surface area (Å²) in [6, 6.07) is 14.7. The third-order valence-electron chi connectivity index (χ3n) is 5.42. The molecule has 0 aliphatic rings. The van der Waals surface area contributed by atoms with Crippen molar-refractivity contribution in [2.75, 3.05) is 14.2 Å². The van der Waals surface area contributed by atoms with Crippen molar-refractivity contribution in [3.8, 4) is 5.75 Å². The number of halogens is 4. The number of methoxy groups -OCH3 is 1. The van der Waals surface area contributed by atoms with Gasteiger partial charge in [-0.15, -0.1) is 0 Å². The number of hydrogen-bond acceptors (Lipinski definition) is 4. The molecule has 2 aromatic carbocycles. The summed E-state index contributed by atoms with van der Waals surface area (Å²) in [6.07, 6.45) is -2.54. The maximum Gasteiger partial charge on any atom is 0.433 e. The summed E-state index contributed by atoms with van der Waals surface area (Å²) in [5.74, 6) is -0.735. The molecule has 3 aromatic rings. The number of aromatic nitrogens is 1. The van der Waals surface area contributed by atoms with E-state index in [4.69, 9.17) is 4.74 Å². The lowest BCUT2D eigenvalue weighted by molar-refractivity contribution is -0.141. The molecule has 0 spiro atoms. The Kier molecular flexibility index (Phi) is 8.22. The average Bonchev–Trinajstić information content (AvgIpc) is 2.84. The number of rotatable bonds is 9. The van der Waals surface area contributed by atoms with E-state index in [0.29, 0.717) is 24.0 Å². The Bertz CT molecular complexity index is 1090. The van der Waals surface area contributed by atoms with Crippen LogP contribution in [0.4, 0.5) is 17.6 Å². The number of nitrogens with one attached hydrogen (secondary N) is 2. The van der Waals surface area contributed by atoms with Gasteiger partial charge in [0.1, 0.15) is 11.7 Å². The topological polar surface area (TPSA) is 63.2 Å². The monoisotopic (exact) mass is 475 g/mol. The minimum absolute atomic E-state index is 0.0525. The SMILES string of the molecule is CNC(=O)[C@H](N[C@H](CCc1ccc(C(F)(F)F)nc1)c1ccc(F)c(OC)c1)c1ccccc1. The van der Waals surface area contributed by atoms with E-state index >= 15 is 0 Å². The molecule has 2 N–H and O–H groups in total. The highest BCUT2D eigenvalue weighted by Crippen LogP contribution is 2.30. The zero-order chi connectivity index (χ0) is 24.7. The number of alkyl halides is 3. The van der Waals surface area contributed by atoms with Crippen LogP contribution in [0.1, 0.15) is 40.9 Å². The molecule has 2 atom stereocenters. The van der Waals surface area contributed by atoms with Crippen molar-refractivity contribution >= 4 is 5.91 Å². The lowest BCUT2D eigenvalue weighted by atomic mass is 9.96. The molecule has 180 valence electrons. The molecule has 0 fully saturated rings. The van der Waals surface area contributed by atoms with E-state index in [0.717, 1.165) is 11.6 Å². The van der Waals surface area contributed by atoms with Crippen LogP contribution in [0.15, 0.2) is 66.9 Å². The van der Waals surface area contributed by atoms with Crippen LogP contribution in [0.25, 0.3) is 0 Å². The van der Waals surface area contributed by atoms with Gasteiger partial charge in [-0.2, -0.15) is 13.2 Å². The highest BCUT2D eigenvalue weighted by atomic mass is 19.4. The van der Waals surface area contributed by atoms with E-state index in [-0.39, 0.29) is 11.7 Å². The number of amides is 1. The number of hydrogen-bond donors (Lipinski definition) is 2. The number of aryl methyl sites for hydroxylation is 1. The number of nitrogens with zero attached hydrogens (tertiary/aromatic N) is 1. The lowest BCUT2D eigenvalue weighted by Gasteiger charge is -2.26. The van der Waals surface area contributed by atoms with Crippen molar-refractivity contribution in [3.05, 3.63) is 95.1 Å². The smallest absolute Gasteiger partial charge is 0.433 e. The van der Waals surface area contributed by atoms with Crippen LogP contribution in [0, 0.1) is 5.82 Å². The van der Waals surface area contributed by atoms with Crippen LogP contribution in [0.2, 0.25) is 0 Å². The van der Waals surface area contributed by atoms with E-state index in [1.54, 1.807) is 12.1 Å². The second-order valence-corrected chi connectivity index (χ2v) is 7.66. The first-order valence-electron chi connectivity index (χ1n) is 10.6. The molecule has 0 aliphatic heterocycles. The Morgan fingerprint density at radius 3 is 2.38 bits per heavy atom. The predicted molar refractivity (Wildman–Crippen MR) is 120 cm³/mol. The minimum Gasteiger partial charge on any atom is -0.494 e. The molecule has 1 amide bonds. The van der Waals surface area contributed by atoms with Gasteiger partial charge < -0.3 is 10.1 Å². The zero-order valence-electron chi connectivity index (χ0n) is 18.7. The fraction of sp³-hybridized carbons (Fsp3) is 0.280. The molecule has 0 saturated carbocycles. The van der Waals surface area contributed by atoms with E-state index in [2.05, 4.69) is 15.6 Å². The first kappa shape index (κ1) is 25.2. The van der Waals surface area contributed by atoms with E-state index in [1.807, 2.05) is 30.3 Å². The maximum absolute atomic E-state index is 14.0. The fourth-order valence-corrected chi connectivity index (χ4v) is 3.60. The van der Waals surface area contributed by atoms with Gasteiger partial charge >= 0.3 is 6.18 Å². The van der Waals surface area contributed by atoms with Crippen molar-refractivity contribution in [1.82, 2.24) is 15.6 Å². The predicted octanol–water partition coefficient (Wildman–Crippen LogP) is 5.00. The Morgan fingerprint density at radius 2 is 1.79 bits per heavy atom. The average molecular weight is 475 g/mol. The van der Waals surface area contributed by atoms with Gasteiger partial charge in [0.05, 0.1) is 7.11 Å². The second kappa shape index (κ2) is 11.1. The number of carbonyl (C=O) groups is 1. The van der Waals surface area contributed by atoms with Gasteiger partial charge in [0, 0.05) is 19.3 Å². The Morgan fingerprint density at radius 1 is 1.06 bits per heavy atom. The van der Waals surface area contributed by atoms with Crippen molar-refractivity contribution in [3.63, 3.8) is 0 Å². The number of carbonyl (C=O) groups excluding carboxylic acids is 1. The molecular weight excluding hydrogens is 450 g/mol. The summed E-state index contributed by atoms with van der Waals surface area (Å²) in [5.41, 5.74) is 1.04. The van der Waals surface area contributed by atoms with Gasteiger partial charge in [-0.1, -0.05) is 42.5 Å². The quantitative estimate of drug-likeness (QED) is 0.428. The number of likely N-dealkylation sites (N-methyl/N-ethyl adjacent to an activating group) is 1. The molecule has 1 aromatic heterocycles. The summed E-state index contributed by atoms with van der Waals surface area (Å²) in [4.78, 5) is 16.2. The fourth-order valence-electron chi connectivity index (χ4n) is 3.60. The molecule has 3 rings (SSSR count). The first-order valence-corrected chi connectivity index (χ1v) is 10.6. The van der Waals surface area contributed by atoms with Gasteiger partial charge in [0.15, 0.2) is 11.6 Å². The summed E-state index contributed by atoms with van der Waals surface area (Å²) >= 11 is 0. The largest absolute Gasteiger partial charge is 0.494 e. The maximum atomic E-state index is 14.0. The molecule has 1 heterocycles. The van der Waals surface area contributed by atoms with E-state index in [1.165, 1.54) is 32.5 Å². The number of pyridine rings is 1. The molecule has 5 nitrogen and oxygen atoms in total. The zero-order valence-corrected chi connectivity index (χ0v) is 18.7. The molecule has 34 heavy (non-hydrogen) atoms. The number of ether oxygens (including phenoxy) is 1. The van der Waals surface area contributed by atoms with Crippen LogP contribution in [0.5, 0.6) is 5.75 Å². The molecule has 0 bridgehead atoms. The highest BCUT2D eigenvalue weighted by Gasteiger charge is 2.32. The molecule has 0 unspecified atom stereocenters. The highest BCUT2D eigenvalue weighted by molar-refractivity contribution is 5.83. The van der Waals surface area contributed by atoms with Gasteiger partial charge in [-0.05, 0) is 47.7 Å². The van der Waals surface area contributed by atoms with Gasteiger partial charge in [-0.25, -0.2) is 4.39 Å². The van der Waals surface area contributed by atoms with Crippen molar-refractivity contribution in [1.29, 1.82) is 0 Å². The summed E-state index contributed by atoms with van der Waals surface area (Å²) in [7, 11) is 2.89. The van der Waals surface area contributed by atoms with Gasteiger partial charge in [0.25, 0.3) is 0 Å². The third-order valence-corrected chi connectivity index (χ3v) is 5.42. The van der Waals surface area contributed by atoms with Gasteiger partial charge in [-0.3, -0.25) is 15.1 Å². The Hall–Kier alpha value is -3.46. The molecule has 0 aliphatic carbocycles. The molecule has 0 saturated heterocycles. The molecule has 9 heteroatoms. The van der Waals surface area contributed by atoms with Crippen LogP contribution in [0.3, 0.4) is 0 Å². The van der Waals surface area contributed by atoms with Crippen LogP contribution in [-0.4, -0.2) is 25.0 Å². The summed E-state index contributed by atoms with van der Waals surface area (Å²) < 4.78 is 57.6. The summed E-state index contributed by atoms with van der Waals surface area (Å²) in [6.45, 7) is 0. The van der Waals surface area contributed by atoms with Crippen LogP contribution < -0.4 is 15.4 Å². The standard InChI is InChI=1S/C25H25F4N3O2/c1-30-24(33)23(17-6-4-3-5-7-17)32-20(18-10-11-19(26)21(14-18)34-2)12-8-16-9-13-22(31-15-16)25(27,28)29/h3-7,9-11,13-15,20,23,32H,8,12H2,1-2H3,(H,30,33)/t20-,23-/m1/s1. The van der Waals surface area contributed by atoms with E-state index < -0.39 is 29.8 Å². The van der Waals surface area contributed by atoms with Crippen molar-refractivity contribution in [2.45, 2.75) is 31.1 Å². The normalized spacial score (nSPS) is 13.2. The first-order chi connectivity index (χ1) is 16.2. The van der Waals surface area contributed by atoms with Crippen LogP contribution in [-0.2, 0) is 17.4 Å².